The molecule has 0 bridgehead atoms. The molecule has 0 aromatic heterocycles. The molecule has 0 aliphatic heterocycles. The zero-order valence-electron chi connectivity index (χ0n) is 8.30. The minimum Gasteiger partial charge on any atom is -0.493 e. The summed E-state index contributed by atoms with van der Waals surface area (Å²) in [4.78, 5) is 0. The number of benzene rings is 1. The van der Waals surface area contributed by atoms with E-state index in [0.717, 1.165) is 16.8 Å². The van der Waals surface area contributed by atoms with Gasteiger partial charge in [0.15, 0.2) is 0 Å². The summed E-state index contributed by atoms with van der Waals surface area (Å²) in [6.07, 6.45) is 0. The van der Waals surface area contributed by atoms with Crippen molar-refractivity contribution in [2.45, 2.75) is 20.8 Å². The second-order valence-electron chi connectivity index (χ2n) is 3.61. The third kappa shape index (κ3) is 3.39. The molecule has 0 saturated heterocycles. The van der Waals surface area contributed by atoms with Crippen LogP contribution in [0.1, 0.15) is 19.4 Å². The van der Waals surface area contributed by atoms with Crippen LogP contribution in [0.15, 0.2) is 22.7 Å². The SMILES string of the molecule is Cc1ccc(Br)cc1OCC(C)C. The van der Waals surface area contributed by atoms with E-state index in [1.165, 1.54) is 5.56 Å². The quantitative estimate of drug-likeness (QED) is 0.784. The van der Waals surface area contributed by atoms with Gasteiger partial charge in [0, 0.05) is 4.47 Å². The average Bonchev–Trinajstić information content (AvgIpc) is 2.06. The Morgan fingerprint density at radius 1 is 1.38 bits per heavy atom. The summed E-state index contributed by atoms with van der Waals surface area (Å²) in [5.74, 6) is 1.54. The Hall–Kier alpha value is -0.500. The summed E-state index contributed by atoms with van der Waals surface area (Å²) in [5, 5.41) is 0. The molecule has 0 amide bonds. The predicted octanol–water partition coefficient (Wildman–Crippen LogP) is 3.79. The predicted molar refractivity (Wildman–Crippen MR) is 59.2 cm³/mol. The second kappa shape index (κ2) is 4.66. The molecule has 0 aliphatic carbocycles. The number of halogens is 1. The van der Waals surface area contributed by atoms with E-state index in [0.29, 0.717) is 5.92 Å². The first-order valence-electron chi connectivity index (χ1n) is 4.48. The van der Waals surface area contributed by atoms with E-state index >= 15 is 0 Å². The van der Waals surface area contributed by atoms with Gasteiger partial charge in [-0.15, -0.1) is 0 Å². The van der Waals surface area contributed by atoms with Crippen LogP contribution in [-0.4, -0.2) is 6.61 Å². The average molecular weight is 243 g/mol. The minimum absolute atomic E-state index is 0.568. The fraction of sp³-hybridized carbons (Fsp3) is 0.455. The Bertz CT molecular complexity index is 281. The van der Waals surface area contributed by atoms with E-state index < -0.39 is 0 Å². The summed E-state index contributed by atoms with van der Waals surface area (Å²) < 4.78 is 6.72. The van der Waals surface area contributed by atoms with Gasteiger partial charge < -0.3 is 4.74 Å². The molecule has 13 heavy (non-hydrogen) atoms. The second-order valence-corrected chi connectivity index (χ2v) is 4.53. The van der Waals surface area contributed by atoms with Gasteiger partial charge in [0.1, 0.15) is 5.75 Å². The van der Waals surface area contributed by atoms with Crippen LogP contribution in [0, 0.1) is 12.8 Å². The molecule has 2 heteroatoms. The van der Waals surface area contributed by atoms with Crippen molar-refractivity contribution in [3.05, 3.63) is 28.2 Å². The third-order valence-corrected chi connectivity index (χ3v) is 2.22. The van der Waals surface area contributed by atoms with Crippen molar-refractivity contribution < 1.29 is 4.74 Å². The summed E-state index contributed by atoms with van der Waals surface area (Å²) in [7, 11) is 0. The fourth-order valence-electron chi connectivity index (χ4n) is 0.986. The number of ether oxygens (including phenoxy) is 1. The van der Waals surface area contributed by atoms with Gasteiger partial charge in [0.2, 0.25) is 0 Å². The standard InChI is InChI=1S/C11H15BrO/c1-8(2)7-13-11-6-10(12)5-4-9(11)3/h4-6,8H,7H2,1-3H3. The molecule has 0 N–H and O–H groups in total. The van der Waals surface area contributed by atoms with Crippen molar-refractivity contribution in [1.82, 2.24) is 0 Å². The summed E-state index contributed by atoms with van der Waals surface area (Å²) in [6, 6.07) is 6.09. The fourth-order valence-corrected chi connectivity index (χ4v) is 1.33. The molecule has 1 aromatic rings. The molecule has 0 heterocycles. The number of aryl methyl sites for hydroxylation is 1. The van der Waals surface area contributed by atoms with Crippen LogP contribution in [0.5, 0.6) is 5.75 Å². The highest BCUT2D eigenvalue weighted by atomic mass is 79.9. The highest BCUT2D eigenvalue weighted by Crippen LogP contribution is 2.23. The Morgan fingerprint density at radius 2 is 2.08 bits per heavy atom. The Labute approximate surface area is 88.2 Å². The lowest BCUT2D eigenvalue weighted by molar-refractivity contribution is 0.269. The maximum Gasteiger partial charge on any atom is 0.123 e. The van der Waals surface area contributed by atoms with Crippen LogP contribution in [0.3, 0.4) is 0 Å². The first kappa shape index (κ1) is 10.6. The van der Waals surface area contributed by atoms with Gasteiger partial charge in [-0.25, -0.2) is 0 Å². The minimum atomic E-state index is 0.568. The molecular formula is C11H15BrO. The van der Waals surface area contributed by atoms with Gasteiger partial charge in [-0.3, -0.25) is 0 Å². The lowest BCUT2D eigenvalue weighted by Gasteiger charge is -2.11. The van der Waals surface area contributed by atoms with E-state index in [2.05, 4.69) is 42.8 Å². The Balaban J connectivity index is 2.70. The van der Waals surface area contributed by atoms with Gasteiger partial charge >= 0.3 is 0 Å². The van der Waals surface area contributed by atoms with Gasteiger partial charge in [-0.05, 0) is 30.5 Å². The summed E-state index contributed by atoms with van der Waals surface area (Å²) in [5.41, 5.74) is 1.18. The molecule has 1 rings (SSSR count). The van der Waals surface area contributed by atoms with E-state index in [1.807, 2.05) is 12.1 Å². The van der Waals surface area contributed by atoms with Crippen molar-refractivity contribution >= 4 is 15.9 Å². The van der Waals surface area contributed by atoms with Crippen molar-refractivity contribution in [2.75, 3.05) is 6.61 Å². The van der Waals surface area contributed by atoms with E-state index in [4.69, 9.17) is 4.74 Å². The van der Waals surface area contributed by atoms with Crippen molar-refractivity contribution in [3.63, 3.8) is 0 Å². The van der Waals surface area contributed by atoms with Crippen molar-refractivity contribution in [2.24, 2.45) is 5.92 Å². The number of rotatable bonds is 3. The smallest absolute Gasteiger partial charge is 0.123 e. The first-order chi connectivity index (χ1) is 6.09. The Kier molecular flexibility index (Phi) is 3.79. The molecule has 0 unspecified atom stereocenters. The normalized spacial score (nSPS) is 10.5. The van der Waals surface area contributed by atoms with Crippen LogP contribution < -0.4 is 4.74 Å². The molecule has 0 aliphatic rings. The van der Waals surface area contributed by atoms with E-state index in [9.17, 15) is 0 Å². The number of hydrogen-bond donors (Lipinski definition) is 0. The maximum absolute atomic E-state index is 5.65. The van der Waals surface area contributed by atoms with Crippen LogP contribution in [-0.2, 0) is 0 Å². The summed E-state index contributed by atoms with van der Waals surface area (Å²) in [6.45, 7) is 7.13. The van der Waals surface area contributed by atoms with Gasteiger partial charge in [0.05, 0.1) is 6.61 Å². The molecule has 0 radical (unpaired) electrons. The topological polar surface area (TPSA) is 9.23 Å². The molecule has 0 fully saturated rings. The summed E-state index contributed by atoms with van der Waals surface area (Å²) >= 11 is 3.42. The zero-order chi connectivity index (χ0) is 9.84. The molecule has 0 atom stereocenters. The monoisotopic (exact) mass is 242 g/mol. The maximum atomic E-state index is 5.65. The van der Waals surface area contributed by atoms with Gasteiger partial charge in [-0.2, -0.15) is 0 Å². The number of hydrogen-bond acceptors (Lipinski definition) is 1. The zero-order valence-corrected chi connectivity index (χ0v) is 9.89. The highest BCUT2D eigenvalue weighted by molar-refractivity contribution is 9.10. The first-order valence-corrected chi connectivity index (χ1v) is 5.28. The highest BCUT2D eigenvalue weighted by Gasteiger charge is 2.01. The molecule has 1 aromatic carbocycles. The van der Waals surface area contributed by atoms with E-state index in [1.54, 1.807) is 0 Å². The molecule has 0 saturated carbocycles. The van der Waals surface area contributed by atoms with Crippen molar-refractivity contribution in [3.8, 4) is 5.75 Å². The molecule has 0 spiro atoms. The lowest BCUT2D eigenvalue weighted by Crippen LogP contribution is -2.05. The van der Waals surface area contributed by atoms with Crippen LogP contribution in [0.25, 0.3) is 0 Å². The Morgan fingerprint density at radius 3 is 2.69 bits per heavy atom. The largest absolute Gasteiger partial charge is 0.493 e. The van der Waals surface area contributed by atoms with Gasteiger partial charge in [-0.1, -0.05) is 35.8 Å². The third-order valence-electron chi connectivity index (χ3n) is 1.72. The molecule has 72 valence electrons. The van der Waals surface area contributed by atoms with Crippen LogP contribution in [0.2, 0.25) is 0 Å². The van der Waals surface area contributed by atoms with Crippen molar-refractivity contribution in [1.29, 1.82) is 0 Å². The van der Waals surface area contributed by atoms with Crippen LogP contribution >= 0.6 is 15.9 Å². The molecular weight excluding hydrogens is 228 g/mol. The molecule has 1 nitrogen and oxygen atoms in total. The van der Waals surface area contributed by atoms with E-state index in [-0.39, 0.29) is 0 Å². The lowest BCUT2D eigenvalue weighted by atomic mass is 10.2. The van der Waals surface area contributed by atoms with Crippen LogP contribution in [0.4, 0.5) is 0 Å². The van der Waals surface area contributed by atoms with Gasteiger partial charge in [0.25, 0.3) is 0 Å².